The molecule has 1 aliphatic carbocycles. The van der Waals surface area contributed by atoms with Crippen LogP contribution >= 0.6 is 11.3 Å². The summed E-state index contributed by atoms with van der Waals surface area (Å²) in [4.78, 5) is 14.4. The summed E-state index contributed by atoms with van der Waals surface area (Å²) >= 11 is 1.13. The number of halogens is 1. The maximum atomic E-state index is 13.0. The molecule has 8 heteroatoms. The Morgan fingerprint density at radius 2 is 1.92 bits per heavy atom. The first-order valence-electron chi connectivity index (χ1n) is 7.91. The second kappa shape index (κ2) is 7.23. The third kappa shape index (κ3) is 4.26. The van der Waals surface area contributed by atoms with Gasteiger partial charge in [0.2, 0.25) is 5.91 Å². The van der Waals surface area contributed by atoms with Gasteiger partial charge in [-0.3, -0.25) is 4.79 Å². The van der Waals surface area contributed by atoms with Crippen molar-refractivity contribution in [3.05, 3.63) is 53.2 Å². The van der Waals surface area contributed by atoms with Crippen LogP contribution in [0.2, 0.25) is 0 Å². The first-order valence-corrected chi connectivity index (χ1v) is 10.2. The van der Waals surface area contributed by atoms with Crippen LogP contribution in [0.3, 0.4) is 0 Å². The maximum Gasteiger partial charge on any atom is 0.252 e. The molecule has 3 rings (SSSR count). The summed E-state index contributed by atoms with van der Waals surface area (Å²) in [6, 6.07) is 9.33. The van der Waals surface area contributed by atoms with Gasteiger partial charge in [0.05, 0.1) is 6.54 Å². The number of likely N-dealkylation sites (N-methyl/N-ethyl adjacent to an activating group) is 1. The molecule has 0 aliphatic heterocycles. The van der Waals surface area contributed by atoms with Crippen molar-refractivity contribution >= 4 is 27.3 Å². The molecular weight excluding hydrogens is 363 g/mol. The second-order valence-corrected chi connectivity index (χ2v) is 9.29. The Morgan fingerprint density at radius 3 is 2.48 bits per heavy atom. The van der Waals surface area contributed by atoms with E-state index in [0.717, 1.165) is 34.0 Å². The Labute approximate surface area is 150 Å². The van der Waals surface area contributed by atoms with Crippen LogP contribution in [0, 0.1) is 5.82 Å². The van der Waals surface area contributed by atoms with Crippen molar-refractivity contribution in [2.75, 3.05) is 13.6 Å². The Bertz CT molecular complexity index is 831. The largest absolute Gasteiger partial charge is 0.334 e. The van der Waals surface area contributed by atoms with Crippen LogP contribution in [-0.4, -0.2) is 43.2 Å². The molecule has 0 atom stereocenters. The van der Waals surface area contributed by atoms with Crippen molar-refractivity contribution in [1.29, 1.82) is 0 Å². The zero-order valence-corrected chi connectivity index (χ0v) is 15.4. The number of hydrogen-bond donors (Lipinski definition) is 0. The molecule has 1 aromatic carbocycles. The van der Waals surface area contributed by atoms with Gasteiger partial charge in [-0.2, -0.15) is 4.31 Å². The van der Waals surface area contributed by atoms with E-state index in [1.54, 1.807) is 28.5 Å². The number of hydrogen-bond acceptors (Lipinski definition) is 4. The molecule has 1 saturated carbocycles. The molecule has 1 aliphatic rings. The van der Waals surface area contributed by atoms with E-state index < -0.39 is 10.0 Å². The fourth-order valence-electron chi connectivity index (χ4n) is 2.52. The van der Waals surface area contributed by atoms with Crippen LogP contribution in [-0.2, 0) is 21.4 Å². The van der Waals surface area contributed by atoms with Crippen LogP contribution in [0.4, 0.5) is 4.39 Å². The normalized spacial score (nSPS) is 14.7. The average molecular weight is 382 g/mol. The summed E-state index contributed by atoms with van der Waals surface area (Å²) < 4.78 is 39.3. The number of thiophene rings is 1. The van der Waals surface area contributed by atoms with E-state index >= 15 is 0 Å². The number of benzene rings is 1. The summed E-state index contributed by atoms with van der Waals surface area (Å²) in [7, 11) is -2.24. The van der Waals surface area contributed by atoms with Crippen molar-refractivity contribution in [2.45, 2.75) is 29.6 Å². The quantitative estimate of drug-likeness (QED) is 0.740. The predicted octanol–water partition coefficient (Wildman–Crippen LogP) is 2.70. The molecule has 0 unspecified atom stereocenters. The third-order valence-electron chi connectivity index (χ3n) is 4.09. The minimum absolute atomic E-state index is 0.135. The summed E-state index contributed by atoms with van der Waals surface area (Å²) in [5, 5.41) is 1.69. The van der Waals surface area contributed by atoms with Gasteiger partial charge in [0.1, 0.15) is 10.0 Å². The van der Waals surface area contributed by atoms with Crippen LogP contribution in [0.25, 0.3) is 0 Å². The van der Waals surface area contributed by atoms with Gasteiger partial charge in [0.15, 0.2) is 0 Å². The van der Waals surface area contributed by atoms with E-state index in [1.165, 1.54) is 25.2 Å². The van der Waals surface area contributed by atoms with Crippen LogP contribution < -0.4 is 0 Å². The molecule has 1 amide bonds. The molecule has 0 saturated heterocycles. The monoisotopic (exact) mass is 382 g/mol. The Balaban J connectivity index is 1.70. The standard InChI is InChI=1S/C17H19FN2O3S2/c1-19(25(22,23)17-3-2-10-24-17)12-16(21)20(15-8-9-15)11-13-4-6-14(18)7-5-13/h2-7,10,15H,8-9,11-12H2,1H3. The predicted molar refractivity (Wildman–Crippen MR) is 94.1 cm³/mol. The van der Waals surface area contributed by atoms with Crippen molar-refractivity contribution < 1.29 is 17.6 Å². The number of rotatable bonds is 7. The highest BCUT2D eigenvalue weighted by molar-refractivity contribution is 7.91. The summed E-state index contributed by atoms with van der Waals surface area (Å²) in [6.45, 7) is 0.147. The second-order valence-electron chi connectivity index (χ2n) is 6.07. The highest BCUT2D eigenvalue weighted by Gasteiger charge is 2.34. The van der Waals surface area contributed by atoms with Gasteiger partial charge in [-0.25, -0.2) is 12.8 Å². The van der Waals surface area contributed by atoms with Gasteiger partial charge >= 0.3 is 0 Å². The number of carbonyl (C=O) groups is 1. The fraction of sp³-hybridized carbons (Fsp3) is 0.353. The highest BCUT2D eigenvalue weighted by Crippen LogP contribution is 2.29. The van der Waals surface area contributed by atoms with Crippen molar-refractivity contribution in [2.24, 2.45) is 0 Å². The number of nitrogens with zero attached hydrogens (tertiary/aromatic N) is 2. The lowest BCUT2D eigenvalue weighted by Crippen LogP contribution is -2.41. The Hall–Kier alpha value is -1.77. The SMILES string of the molecule is CN(CC(=O)N(Cc1ccc(F)cc1)C1CC1)S(=O)(=O)c1cccs1. The first-order chi connectivity index (χ1) is 11.9. The average Bonchev–Trinajstić information content (AvgIpc) is 3.25. The molecule has 2 aromatic rings. The van der Waals surface area contributed by atoms with Crippen LogP contribution in [0.1, 0.15) is 18.4 Å². The van der Waals surface area contributed by atoms with E-state index in [9.17, 15) is 17.6 Å². The Kier molecular flexibility index (Phi) is 5.21. The molecule has 134 valence electrons. The van der Waals surface area contributed by atoms with E-state index in [2.05, 4.69) is 0 Å². The summed E-state index contributed by atoms with van der Waals surface area (Å²) in [5.41, 5.74) is 0.824. The number of amides is 1. The molecule has 0 radical (unpaired) electrons. The topological polar surface area (TPSA) is 57.7 Å². The molecule has 0 spiro atoms. The maximum absolute atomic E-state index is 13.0. The molecule has 1 aromatic heterocycles. The van der Waals surface area contributed by atoms with Gasteiger partial charge in [-0.1, -0.05) is 18.2 Å². The lowest BCUT2D eigenvalue weighted by molar-refractivity contribution is -0.132. The molecule has 5 nitrogen and oxygen atoms in total. The van der Waals surface area contributed by atoms with Crippen LogP contribution in [0.5, 0.6) is 0 Å². The minimum atomic E-state index is -3.65. The number of carbonyl (C=O) groups excluding carboxylic acids is 1. The smallest absolute Gasteiger partial charge is 0.252 e. The van der Waals surface area contributed by atoms with Gasteiger partial charge in [0, 0.05) is 19.6 Å². The molecule has 25 heavy (non-hydrogen) atoms. The van der Waals surface area contributed by atoms with E-state index in [1.807, 2.05) is 0 Å². The van der Waals surface area contributed by atoms with Gasteiger partial charge in [-0.15, -0.1) is 11.3 Å². The van der Waals surface area contributed by atoms with E-state index in [-0.39, 0.29) is 28.5 Å². The molecule has 0 bridgehead atoms. The lowest BCUT2D eigenvalue weighted by Gasteiger charge is -2.25. The van der Waals surface area contributed by atoms with E-state index in [4.69, 9.17) is 0 Å². The number of sulfonamides is 1. The van der Waals surface area contributed by atoms with Gasteiger partial charge < -0.3 is 4.90 Å². The zero-order chi connectivity index (χ0) is 18.0. The summed E-state index contributed by atoms with van der Waals surface area (Å²) in [6.07, 6.45) is 1.82. The Morgan fingerprint density at radius 1 is 1.24 bits per heavy atom. The van der Waals surface area contributed by atoms with Crippen molar-refractivity contribution in [3.63, 3.8) is 0 Å². The minimum Gasteiger partial charge on any atom is -0.334 e. The third-order valence-corrected chi connectivity index (χ3v) is 7.27. The molecule has 1 fully saturated rings. The summed E-state index contributed by atoms with van der Waals surface area (Å²) in [5.74, 6) is -0.565. The first kappa shape index (κ1) is 18.0. The lowest BCUT2D eigenvalue weighted by atomic mass is 10.2. The molecule has 0 N–H and O–H groups in total. The highest BCUT2D eigenvalue weighted by atomic mass is 32.2. The molecule has 1 heterocycles. The van der Waals surface area contributed by atoms with Crippen molar-refractivity contribution in [1.82, 2.24) is 9.21 Å². The van der Waals surface area contributed by atoms with E-state index in [0.29, 0.717) is 6.54 Å². The van der Waals surface area contributed by atoms with Crippen molar-refractivity contribution in [3.8, 4) is 0 Å². The van der Waals surface area contributed by atoms with Gasteiger partial charge in [0.25, 0.3) is 10.0 Å². The zero-order valence-electron chi connectivity index (χ0n) is 13.8. The van der Waals surface area contributed by atoms with Crippen LogP contribution in [0.15, 0.2) is 46.0 Å². The van der Waals surface area contributed by atoms with Gasteiger partial charge in [-0.05, 0) is 42.0 Å². The molecular formula is C17H19FN2O3S2. The fourth-order valence-corrected chi connectivity index (χ4v) is 4.85.